The first-order valence-corrected chi connectivity index (χ1v) is 15.2. The lowest BCUT2D eigenvalue weighted by Crippen LogP contribution is -2.26. The van der Waals surface area contributed by atoms with Crippen LogP contribution >= 0.6 is 34.8 Å². The van der Waals surface area contributed by atoms with Crippen molar-refractivity contribution in [2.24, 2.45) is 0 Å². The standard InChI is InChI=1S/C32H31Cl3N2O5/c1-3-4-5-15-41-21-11-9-20(10-12-21)32(38)42-22-13-14-27-23(17-22)29-30(35)19(2)16-28(37(39)40)31(29)36(27)18-24-25(33)7-6-8-26(24)34/h6-12,16,22H,3-5,13-15,17-18H2,1-2H3. The summed E-state index contributed by atoms with van der Waals surface area (Å²) in [4.78, 5) is 24.9. The fourth-order valence-electron chi connectivity index (χ4n) is 5.59. The molecule has 0 amide bonds. The average molecular weight is 630 g/mol. The van der Waals surface area contributed by atoms with Gasteiger partial charge >= 0.3 is 5.97 Å². The van der Waals surface area contributed by atoms with E-state index in [0.717, 1.165) is 30.5 Å². The summed E-state index contributed by atoms with van der Waals surface area (Å²) in [5.41, 5.74) is 3.80. The van der Waals surface area contributed by atoms with Crippen molar-refractivity contribution in [3.63, 3.8) is 0 Å². The maximum absolute atomic E-state index is 13.1. The summed E-state index contributed by atoms with van der Waals surface area (Å²) in [6.07, 6.45) is 4.25. The van der Waals surface area contributed by atoms with Crippen LogP contribution in [-0.4, -0.2) is 28.2 Å². The summed E-state index contributed by atoms with van der Waals surface area (Å²) in [5, 5.41) is 14.2. The van der Waals surface area contributed by atoms with Crippen molar-refractivity contribution in [2.45, 2.75) is 65.0 Å². The van der Waals surface area contributed by atoms with Gasteiger partial charge in [-0.25, -0.2) is 4.79 Å². The highest BCUT2D eigenvalue weighted by Crippen LogP contribution is 2.43. The number of aromatic nitrogens is 1. The lowest BCUT2D eigenvalue weighted by atomic mass is 9.92. The minimum atomic E-state index is -0.430. The van der Waals surface area contributed by atoms with Gasteiger partial charge in [0.15, 0.2) is 0 Å². The molecule has 1 aliphatic carbocycles. The van der Waals surface area contributed by atoms with Crippen LogP contribution in [0.1, 0.15) is 65.3 Å². The third-order valence-electron chi connectivity index (χ3n) is 7.73. The molecule has 5 rings (SSSR count). The summed E-state index contributed by atoms with van der Waals surface area (Å²) < 4.78 is 13.6. The molecular formula is C32H31Cl3N2O5. The van der Waals surface area contributed by atoms with E-state index < -0.39 is 17.0 Å². The van der Waals surface area contributed by atoms with Gasteiger partial charge in [0.05, 0.1) is 28.7 Å². The molecule has 0 saturated carbocycles. The molecule has 0 saturated heterocycles. The SMILES string of the molecule is CCCCCOc1ccc(C(=O)OC2CCc3c(c4c(Cl)c(C)cc([N+](=O)[O-])c4n3Cc3c(Cl)cccc3Cl)C2)cc1. The number of benzene rings is 3. The normalized spacial score (nSPS) is 14.5. The average Bonchev–Trinajstić information content (AvgIpc) is 3.28. The van der Waals surface area contributed by atoms with Crippen molar-refractivity contribution >= 4 is 57.4 Å². The number of rotatable bonds is 10. The summed E-state index contributed by atoms with van der Waals surface area (Å²) in [5.74, 6) is 0.281. The topological polar surface area (TPSA) is 83.6 Å². The number of ether oxygens (including phenoxy) is 2. The first kappa shape index (κ1) is 30.2. The van der Waals surface area contributed by atoms with Gasteiger partial charge in [-0.05, 0) is 73.7 Å². The van der Waals surface area contributed by atoms with E-state index in [1.165, 1.54) is 6.07 Å². The highest BCUT2D eigenvalue weighted by molar-refractivity contribution is 6.37. The monoisotopic (exact) mass is 628 g/mol. The van der Waals surface area contributed by atoms with Gasteiger partial charge in [-0.2, -0.15) is 0 Å². The lowest BCUT2D eigenvalue weighted by Gasteiger charge is -2.24. The fraction of sp³-hybridized carbons (Fsp3) is 0.344. The zero-order chi connectivity index (χ0) is 30.0. The van der Waals surface area contributed by atoms with Gasteiger partial charge < -0.3 is 14.0 Å². The Kier molecular flexibility index (Phi) is 9.31. The lowest BCUT2D eigenvalue weighted by molar-refractivity contribution is -0.383. The number of hydrogen-bond donors (Lipinski definition) is 0. The Morgan fingerprint density at radius 1 is 1.10 bits per heavy atom. The molecule has 1 aliphatic rings. The zero-order valence-electron chi connectivity index (χ0n) is 23.4. The minimum Gasteiger partial charge on any atom is -0.494 e. The molecule has 1 unspecified atom stereocenters. The highest BCUT2D eigenvalue weighted by Gasteiger charge is 2.33. The Balaban J connectivity index is 1.45. The van der Waals surface area contributed by atoms with Crippen LogP contribution in [0.15, 0.2) is 48.5 Å². The number of aryl methyl sites for hydroxylation is 1. The van der Waals surface area contributed by atoms with E-state index >= 15 is 0 Å². The third-order valence-corrected chi connectivity index (χ3v) is 8.93. The summed E-state index contributed by atoms with van der Waals surface area (Å²) >= 11 is 19.8. The van der Waals surface area contributed by atoms with Gasteiger partial charge in [0, 0.05) is 39.2 Å². The number of carbonyl (C=O) groups is 1. The van der Waals surface area contributed by atoms with E-state index in [2.05, 4.69) is 6.92 Å². The Labute approximate surface area is 259 Å². The number of unbranched alkanes of at least 4 members (excludes halogenated alkanes) is 2. The molecule has 4 aromatic rings. The van der Waals surface area contributed by atoms with Gasteiger partial charge in [0.2, 0.25) is 0 Å². The molecule has 0 aliphatic heterocycles. The van der Waals surface area contributed by atoms with Crippen molar-refractivity contribution in [1.29, 1.82) is 0 Å². The fourth-order valence-corrected chi connectivity index (χ4v) is 6.37. The molecule has 0 N–H and O–H groups in total. The number of halogens is 3. The second kappa shape index (κ2) is 12.9. The van der Waals surface area contributed by atoms with E-state index in [1.54, 1.807) is 49.4 Å². The van der Waals surface area contributed by atoms with Gasteiger partial charge in [-0.1, -0.05) is 60.6 Å². The largest absolute Gasteiger partial charge is 0.494 e. The molecule has 3 aromatic carbocycles. The number of nitrogens with zero attached hydrogens (tertiary/aromatic N) is 2. The van der Waals surface area contributed by atoms with E-state index in [0.29, 0.717) is 74.3 Å². The molecule has 1 heterocycles. The van der Waals surface area contributed by atoms with Crippen LogP contribution in [0, 0.1) is 17.0 Å². The van der Waals surface area contributed by atoms with Gasteiger partial charge in [-0.15, -0.1) is 0 Å². The molecular weight excluding hydrogens is 599 g/mol. The van der Waals surface area contributed by atoms with Crippen LogP contribution in [0.2, 0.25) is 15.1 Å². The molecule has 1 atom stereocenters. The number of carbonyl (C=O) groups excluding carboxylic acids is 1. The van der Waals surface area contributed by atoms with Gasteiger partial charge in [0.1, 0.15) is 17.4 Å². The number of fused-ring (bicyclic) bond motifs is 3. The molecule has 0 bridgehead atoms. The van der Waals surface area contributed by atoms with Gasteiger partial charge in [0.25, 0.3) is 5.69 Å². The smallest absolute Gasteiger partial charge is 0.338 e. The van der Waals surface area contributed by atoms with Crippen molar-refractivity contribution in [3.05, 3.63) is 102 Å². The van der Waals surface area contributed by atoms with Crippen LogP contribution in [0.3, 0.4) is 0 Å². The highest BCUT2D eigenvalue weighted by atomic mass is 35.5. The third kappa shape index (κ3) is 6.10. The predicted octanol–water partition coefficient (Wildman–Crippen LogP) is 9.15. The Hall–Kier alpha value is -3.26. The molecule has 10 heteroatoms. The molecule has 0 fully saturated rings. The second-order valence-corrected chi connectivity index (χ2v) is 11.8. The quantitative estimate of drug-likeness (QED) is 0.0756. The second-order valence-electron chi connectivity index (χ2n) is 10.6. The molecule has 42 heavy (non-hydrogen) atoms. The van der Waals surface area contributed by atoms with Crippen LogP contribution < -0.4 is 4.74 Å². The van der Waals surface area contributed by atoms with Crippen LogP contribution in [0.5, 0.6) is 5.75 Å². The summed E-state index contributed by atoms with van der Waals surface area (Å²) in [6, 6.07) is 13.7. The Morgan fingerprint density at radius 3 is 2.48 bits per heavy atom. The summed E-state index contributed by atoms with van der Waals surface area (Å²) in [7, 11) is 0. The van der Waals surface area contributed by atoms with Crippen LogP contribution in [0.4, 0.5) is 5.69 Å². The van der Waals surface area contributed by atoms with E-state index in [-0.39, 0.29) is 12.2 Å². The maximum Gasteiger partial charge on any atom is 0.338 e. The van der Waals surface area contributed by atoms with Gasteiger partial charge in [-0.3, -0.25) is 10.1 Å². The molecule has 220 valence electrons. The number of non-ortho nitro benzene ring substituents is 1. The molecule has 1 aromatic heterocycles. The predicted molar refractivity (Wildman–Crippen MR) is 167 cm³/mol. The van der Waals surface area contributed by atoms with E-state index in [4.69, 9.17) is 44.3 Å². The zero-order valence-corrected chi connectivity index (χ0v) is 25.7. The Bertz CT molecular complexity index is 1630. The number of nitro groups is 1. The number of nitro benzene ring substituents is 1. The molecule has 7 nitrogen and oxygen atoms in total. The maximum atomic E-state index is 13.1. The first-order valence-electron chi connectivity index (χ1n) is 14.0. The number of hydrogen-bond acceptors (Lipinski definition) is 5. The van der Waals surface area contributed by atoms with Crippen molar-refractivity contribution in [3.8, 4) is 5.75 Å². The van der Waals surface area contributed by atoms with E-state index in [9.17, 15) is 14.9 Å². The Morgan fingerprint density at radius 2 is 1.81 bits per heavy atom. The molecule has 0 radical (unpaired) electrons. The van der Waals surface area contributed by atoms with Crippen molar-refractivity contribution in [1.82, 2.24) is 4.57 Å². The minimum absolute atomic E-state index is 0.0463. The first-order chi connectivity index (χ1) is 20.2. The number of esters is 1. The van der Waals surface area contributed by atoms with Crippen LogP contribution in [-0.2, 0) is 24.1 Å². The van der Waals surface area contributed by atoms with Crippen LogP contribution in [0.25, 0.3) is 10.9 Å². The van der Waals surface area contributed by atoms with Crippen molar-refractivity contribution < 1.29 is 19.2 Å². The van der Waals surface area contributed by atoms with E-state index in [1.807, 2.05) is 4.57 Å². The molecule has 0 spiro atoms. The summed E-state index contributed by atoms with van der Waals surface area (Å²) in [6.45, 7) is 4.77. The van der Waals surface area contributed by atoms with Crippen molar-refractivity contribution in [2.75, 3.05) is 6.61 Å².